The second-order valence-corrected chi connectivity index (χ2v) is 1.11. The fourth-order valence-corrected chi connectivity index (χ4v) is 0.259. The second kappa shape index (κ2) is 4.05. The molecule has 0 aliphatic carbocycles. The Labute approximate surface area is 48.4 Å². The van der Waals surface area contributed by atoms with Crippen LogP contribution in [0.25, 0.3) is 0 Å². The zero-order valence-corrected chi connectivity index (χ0v) is 4.89. The molecule has 1 aromatic heterocycles. The quantitative estimate of drug-likeness (QED) is 0.506. The highest BCUT2D eigenvalue weighted by molar-refractivity contribution is 4.82. The van der Waals surface area contributed by atoms with Gasteiger partial charge in [-0.25, -0.2) is 0 Å². The number of hydrogen-bond donors (Lipinski definition) is 1. The van der Waals surface area contributed by atoms with Crippen LogP contribution in [0.4, 0.5) is 0 Å². The van der Waals surface area contributed by atoms with Crippen LogP contribution in [0, 0.1) is 6.92 Å². The Morgan fingerprint density at radius 1 is 1.62 bits per heavy atom. The van der Waals surface area contributed by atoms with Gasteiger partial charge in [0.1, 0.15) is 0 Å². The molecule has 0 aliphatic heterocycles. The first-order valence-corrected chi connectivity index (χ1v) is 2.22. The molecule has 44 valence electrons. The monoisotopic (exact) mass is 111 g/mol. The molecule has 0 aromatic carbocycles. The first-order valence-electron chi connectivity index (χ1n) is 2.22. The molecule has 0 bridgehead atoms. The molecule has 1 rings (SSSR count). The van der Waals surface area contributed by atoms with Crippen LogP contribution < -0.4 is 0 Å². The minimum absolute atomic E-state index is 0.926. The highest BCUT2D eigenvalue weighted by Gasteiger charge is 1.76. The average Bonchev–Trinajstić information content (AvgIpc) is 2.24. The first kappa shape index (κ1) is 6.88. The molecular formula is C5H9N3. The molecule has 0 fully saturated rings. The summed E-state index contributed by atoms with van der Waals surface area (Å²) < 4.78 is 0. The van der Waals surface area contributed by atoms with Gasteiger partial charge in [-0.3, -0.25) is 0 Å². The van der Waals surface area contributed by atoms with Gasteiger partial charge in [0.15, 0.2) is 0 Å². The Kier molecular flexibility index (Phi) is 3.48. The van der Waals surface area contributed by atoms with E-state index in [-0.39, 0.29) is 0 Å². The van der Waals surface area contributed by atoms with E-state index in [9.17, 15) is 0 Å². The van der Waals surface area contributed by atoms with E-state index in [4.69, 9.17) is 0 Å². The summed E-state index contributed by atoms with van der Waals surface area (Å²) in [5, 5.41) is 9.70. The lowest BCUT2D eigenvalue weighted by atomic mass is 10.6. The maximum absolute atomic E-state index is 3.68. The molecule has 3 heteroatoms. The number of nitrogens with one attached hydrogen (secondary N) is 1. The van der Waals surface area contributed by atoms with Crippen molar-refractivity contribution in [1.29, 1.82) is 0 Å². The molecule has 0 atom stereocenters. The average molecular weight is 111 g/mol. The lowest BCUT2D eigenvalue weighted by molar-refractivity contribution is 0.928. The van der Waals surface area contributed by atoms with Gasteiger partial charge in [0.05, 0.1) is 11.9 Å². The minimum atomic E-state index is 0.926. The molecule has 0 amide bonds. The summed E-state index contributed by atoms with van der Waals surface area (Å²) in [6, 6.07) is 0. The summed E-state index contributed by atoms with van der Waals surface area (Å²) in [6.45, 7) is 7.88. The third kappa shape index (κ3) is 2.12. The molecule has 8 heavy (non-hydrogen) atoms. The van der Waals surface area contributed by atoms with Crippen molar-refractivity contribution in [1.82, 2.24) is 15.4 Å². The van der Waals surface area contributed by atoms with Crippen LogP contribution in [0.15, 0.2) is 19.4 Å². The predicted molar refractivity (Wildman–Crippen MR) is 32.4 cm³/mol. The fourth-order valence-electron chi connectivity index (χ4n) is 0.259. The van der Waals surface area contributed by atoms with E-state index in [1.807, 2.05) is 6.92 Å². The molecule has 1 heterocycles. The number of H-pyrrole nitrogens is 1. The van der Waals surface area contributed by atoms with Crippen molar-refractivity contribution >= 4 is 0 Å². The van der Waals surface area contributed by atoms with Gasteiger partial charge >= 0.3 is 0 Å². The highest BCUT2D eigenvalue weighted by Crippen LogP contribution is 1.77. The predicted octanol–water partition coefficient (Wildman–Crippen LogP) is 0.915. The Balaban J connectivity index is 0.000000222. The summed E-state index contributed by atoms with van der Waals surface area (Å²) in [6.07, 6.45) is 1.67. The maximum Gasteiger partial charge on any atom is 0.0793 e. The van der Waals surface area contributed by atoms with Crippen molar-refractivity contribution < 1.29 is 0 Å². The molecular weight excluding hydrogens is 102 g/mol. The summed E-state index contributed by atoms with van der Waals surface area (Å²) in [7, 11) is 0. The Morgan fingerprint density at radius 3 is 2.38 bits per heavy atom. The summed E-state index contributed by atoms with van der Waals surface area (Å²) >= 11 is 0. The molecule has 0 aliphatic rings. The third-order valence-corrected chi connectivity index (χ3v) is 0.535. The van der Waals surface area contributed by atoms with Crippen LogP contribution in [-0.4, -0.2) is 15.4 Å². The zero-order valence-electron chi connectivity index (χ0n) is 4.89. The van der Waals surface area contributed by atoms with E-state index >= 15 is 0 Å². The van der Waals surface area contributed by atoms with Crippen molar-refractivity contribution in [3.63, 3.8) is 0 Å². The van der Waals surface area contributed by atoms with Crippen LogP contribution in [0.5, 0.6) is 0 Å². The van der Waals surface area contributed by atoms with Gasteiger partial charge in [0, 0.05) is 0 Å². The number of aryl methyl sites for hydroxylation is 1. The SMILES string of the molecule is C=C.Cc1cn[nH]n1. The maximum atomic E-state index is 3.68. The van der Waals surface area contributed by atoms with Gasteiger partial charge in [-0.2, -0.15) is 15.4 Å². The highest BCUT2D eigenvalue weighted by atomic mass is 15.3. The fraction of sp³-hybridized carbons (Fsp3) is 0.200. The van der Waals surface area contributed by atoms with Gasteiger partial charge in [0.2, 0.25) is 0 Å². The lowest BCUT2D eigenvalue weighted by Crippen LogP contribution is -1.66. The van der Waals surface area contributed by atoms with E-state index in [0.717, 1.165) is 5.69 Å². The molecule has 0 saturated heterocycles. The smallest absolute Gasteiger partial charge is 0.0793 e. The van der Waals surface area contributed by atoms with Gasteiger partial charge in [-0.1, -0.05) is 0 Å². The Morgan fingerprint density at radius 2 is 2.25 bits per heavy atom. The topological polar surface area (TPSA) is 41.6 Å². The van der Waals surface area contributed by atoms with Crippen molar-refractivity contribution in [2.24, 2.45) is 0 Å². The van der Waals surface area contributed by atoms with E-state index < -0.39 is 0 Å². The molecule has 0 radical (unpaired) electrons. The number of hydrogen-bond acceptors (Lipinski definition) is 2. The van der Waals surface area contributed by atoms with Crippen molar-refractivity contribution in [3.8, 4) is 0 Å². The summed E-state index contributed by atoms with van der Waals surface area (Å²) in [5.41, 5.74) is 0.926. The molecule has 1 N–H and O–H groups in total. The van der Waals surface area contributed by atoms with Gasteiger partial charge in [-0.15, -0.1) is 13.2 Å². The van der Waals surface area contributed by atoms with Crippen LogP contribution in [0.1, 0.15) is 5.69 Å². The Hall–Kier alpha value is -1.12. The largest absolute Gasteiger partial charge is 0.198 e. The van der Waals surface area contributed by atoms with Crippen molar-refractivity contribution in [3.05, 3.63) is 25.0 Å². The van der Waals surface area contributed by atoms with Crippen LogP contribution >= 0.6 is 0 Å². The second-order valence-electron chi connectivity index (χ2n) is 1.11. The van der Waals surface area contributed by atoms with Gasteiger partial charge < -0.3 is 0 Å². The number of aromatic amines is 1. The van der Waals surface area contributed by atoms with Crippen LogP contribution in [0.2, 0.25) is 0 Å². The third-order valence-electron chi connectivity index (χ3n) is 0.535. The van der Waals surface area contributed by atoms with E-state index in [1.165, 1.54) is 0 Å². The molecule has 0 saturated carbocycles. The summed E-state index contributed by atoms with van der Waals surface area (Å²) in [5.74, 6) is 0. The molecule has 0 unspecified atom stereocenters. The van der Waals surface area contributed by atoms with Crippen LogP contribution in [-0.2, 0) is 0 Å². The number of aromatic nitrogens is 3. The van der Waals surface area contributed by atoms with Crippen molar-refractivity contribution in [2.45, 2.75) is 6.92 Å². The zero-order chi connectivity index (χ0) is 6.41. The standard InChI is InChI=1S/C3H5N3.C2H4/c1-3-2-4-6-5-3;1-2/h2H,1H3,(H,4,5,6);1-2H2. The molecule has 3 nitrogen and oxygen atoms in total. The number of nitrogens with zero attached hydrogens (tertiary/aromatic N) is 2. The van der Waals surface area contributed by atoms with Crippen LogP contribution in [0.3, 0.4) is 0 Å². The van der Waals surface area contributed by atoms with Gasteiger partial charge in [0.25, 0.3) is 0 Å². The molecule has 1 aromatic rings. The van der Waals surface area contributed by atoms with Crippen molar-refractivity contribution in [2.75, 3.05) is 0 Å². The Bertz CT molecular complexity index is 122. The normalized spacial score (nSPS) is 7.12. The minimum Gasteiger partial charge on any atom is -0.198 e. The van der Waals surface area contributed by atoms with E-state index in [2.05, 4.69) is 28.6 Å². The lowest BCUT2D eigenvalue weighted by Gasteiger charge is -1.62. The van der Waals surface area contributed by atoms with Gasteiger partial charge in [-0.05, 0) is 6.92 Å². The first-order chi connectivity index (χ1) is 3.89. The summed E-state index contributed by atoms with van der Waals surface area (Å²) in [4.78, 5) is 0. The van der Waals surface area contributed by atoms with E-state index in [1.54, 1.807) is 6.20 Å². The molecule has 0 spiro atoms. The number of rotatable bonds is 0. The van der Waals surface area contributed by atoms with E-state index in [0.29, 0.717) is 0 Å².